The summed E-state index contributed by atoms with van der Waals surface area (Å²) in [7, 11) is 3.11. The zero-order chi connectivity index (χ0) is 15.1. The summed E-state index contributed by atoms with van der Waals surface area (Å²) in [5, 5.41) is 12.1. The normalized spacial score (nSPS) is 10.2. The topological polar surface area (TPSA) is 78.9 Å². The second kappa shape index (κ2) is 7.49. The lowest BCUT2D eigenvalue weighted by Gasteiger charge is -2.17. The molecule has 0 radical (unpaired) electrons. The summed E-state index contributed by atoms with van der Waals surface area (Å²) in [6.45, 7) is 2.53. The van der Waals surface area contributed by atoms with Gasteiger partial charge in [0.2, 0.25) is 5.91 Å². The molecule has 0 heterocycles. The van der Waals surface area contributed by atoms with Crippen LogP contribution in [0.25, 0.3) is 0 Å². The van der Waals surface area contributed by atoms with Crippen LogP contribution in [0.1, 0.15) is 15.9 Å². The standard InChI is InChI=1S/C14H20N2O4/c1-10-8-11(4-5-12(10)17)14(19)16(2)9-13(18)15-6-7-20-3/h4-5,8,17H,6-7,9H2,1-3H3,(H,15,18). The van der Waals surface area contributed by atoms with Crippen LogP contribution in [0, 0.1) is 6.92 Å². The van der Waals surface area contributed by atoms with Crippen molar-refractivity contribution in [2.24, 2.45) is 0 Å². The molecule has 0 saturated carbocycles. The average molecular weight is 280 g/mol. The summed E-state index contributed by atoms with van der Waals surface area (Å²) >= 11 is 0. The van der Waals surface area contributed by atoms with Gasteiger partial charge >= 0.3 is 0 Å². The molecule has 6 heteroatoms. The maximum atomic E-state index is 12.1. The summed E-state index contributed by atoms with van der Waals surface area (Å²) in [5.74, 6) is -0.370. The largest absolute Gasteiger partial charge is 0.508 e. The Balaban J connectivity index is 2.58. The maximum Gasteiger partial charge on any atom is 0.254 e. The van der Waals surface area contributed by atoms with Gasteiger partial charge in [-0.05, 0) is 30.7 Å². The SMILES string of the molecule is COCCNC(=O)CN(C)C(=O)c1ccc(O)c(C)c1. The van der Waals surface area contributed by atoms with Crippen LogP contribution in [-0.2, 0) is 9.53 Å². The molecule has 0 aliphatic rings. The first kappa shape index (κ1) is 16.0. The van der Waals surface area contributed by atoms with Gasteiger partial charge in [-0.3, -0.25) is 9.59 Å². The summed E-state index contributed by atoms with van der Waals surface area (Å²) in [5.41, 5.74) is 1.06. The van der Waals surface area contributed by atoms with E-state index in [1.54, 1.807) is 27.1 Å². The fourth-order valence-electron chi connectivity index (χ4n) is 1.64. The number of amides is 2. The molecule has 0 saturated heterocycles. The summed E-state index contributed by atoms with van der Waals surface area (Å²) < 4.78 is 4.82. The van der Waals surface area contributed by atoms with E-state index in [4.69, 9.17) is 4.74 Å². The van der Waals surface area contributed by atoms with Gasteiger partial charge in [0.15, 0.2) is 0 Å². The Morgan fingerprint density at radius 3 is 2.70 bits per heavy atom. The Hall–Kier alpha value is -2.08. The molecule has 1 rings (SSSR count). The van der Waals surface area contributed by atoms with Gasteiger partial charge in [0.25, 0.3) is 5.91 Å². The van der Waals surface area contributed by atoms with Crippen LogP contribution < -0.4 is 5.32 Å². The van der Waals surface area contributed by atoms with Gasteiger partial charge in [-0.15, -0.1) is 0 Å². The lowest BCUT2D eigenvalue weighted by atomic mass is 10.1. The highest BCUT2D eigenvalue weighted by atomic mass is 16.5. The predicted octanol–water partition coefficient (Wildman–Crippen LogP) is 0.535. The average Bonchev–Trinajstić information content (AvgIpc) is 2.41. The zero-order valence-electron chi connectivity index (χ0n) is 12.0. The second-order valence-electron chi connectivity index (χ2n) is 4.51. The van der Waals surface area contributed by atoms with E-state index in [-0.39, 0.29) is 24.1 Å². The van der Waals surface area contributed by atoms with Crippen molar-refractivity contribution in [1.29, 1.82) is 0 Å². The van der Waals surface area contributed by atoms with E-state index < -0.39 is 0 Å². The highest BCUT2D eigenvalue weighted by Gasteiger charge is 2.15. The van der Waals surface area contributed by atoms with E-state index >= 15 is 0 Å². The third-order valence-corrected chi connectivity index (χ3v) is 2.80. The van der Waals surface area contributed by atoms with Gasteiger partial charge in [-0.25, -0.2) is 0 Å². The Morgan fingerprint density at radius 1 is 1.40 bits per heavy atom. The number of aryl methyl sites for hydroxylation is 1. The van der Waals surface area contributed by atoms with E-state index in [0.717, 1.165) is 0 Å². The van der Waals surface area contributed by atoms with E-state index in [2.05, 4.69) is 5.32 Å². The molecular weight excluding hydrogens is 260 g/mol. The number of likely N-dealkylation sites (N-methyl/N-ethyl adjacent to an activating group) is 1. The van der Waals surface area contributed by atoms with Crippen LogP contribution in [0.2, 0.25) is 0 Å². The molecule has 2 N–H and O–H groups in total. The van der Waals surface area contributed by atoms with Gasteiger partial charge in [0.05, 0.1) is 13.2 Å². The number of phenolic OH excluding ortho intramolecular Hbond substituents is 1. The lowest BCUT2D eigenvalue weighted by molar-refractivity contribution is -0.121. The van der Waals surface area contributed by atoms with Crippen molar-refractivity contribution in [3.63, 3.8) is 0 Å². The monoisotopic (exact) mass is 280 g/mol. The molecule has 0 spiro atoms. The predicted molar refractivity (Wildman–Crippen MR) is 74.7 cm³/mol. The number of methoxy groups -OCH3 is 1. The minimum absolute atomic E-state index is 0.0253. The van der Waals surface area contributed by atoms with Crippen molar-refractivity contribution < 1.29 is 19.4 Å². The maximum absolute atomic E-state index is 12.1. The second-order valence-corrected chi connectivity index (χ2v) is 4.51. The molecule has 0 bridgehead atoms. The number of aromatic hydroxyl groups is 1. The highest BCUT2D eigenvalue weighted by Crippen LogP contribution is 2.17. The Kier molecular flexibility index (Phi) is 5.99. The molecule has 6 nitrogen and oxygen atoms in total. The number of hydrogen-bond donors (Lipinski definition) is 2. The van der Waals surface area contributed by atoms with Crippen LogP contribution in [0.15, 0.2) is 18.2 Å². The van der Waals surface area contributed by atoms with Crippen molar-refractivity contribution >= 4 is 11.8 Å². The number of carbonyl (C=O) groups excluding carboxylic acids is 2. The highest BCUT2D eigenvalue weighted by molar-refractivity contribution is 5.96. The molecular formula is C14H20N2O4. The first-order valence-electron chi connectivity index (χ1n) is 6.26. The van der Waals surface area contributed by atoms with Crippen LogP contribution >= 0.6 is 0 Å². The van der Waals surface area contributed by atoms with Gasteiger partial charge < -0.3 is 20.1 Å². The quantitative estimate of drug-likeness (QED) is 0.745. The number of carbonyl (C=O) groups is 2. The summed E-state index contributed by atoms with van der Waals surface area (Å²) in [6, 6.07) is 4.59. The van der Waals surface area contributed by atoms with E-state index in [9.17, 15) is 14.7 Å². The molecule has 0 unspecified atom stereocenters. The minimum atomic E-state index is -0.269. The van der Waals surface area contributed by atoms with Crippen molar-refractivity contribution in [3.8, 4) is 5.75 Å². The molecule has 0 fully saturated rings. The van der Waals surface area contributed by atoms with E-state index in [0.29, 0.717) is 24.3 Å². The Morgan fingerprint density at radius 2 is 2.10 bits per heavy atom. The Labute approximate surface area is 118 Å². The third-order valence-electron chi connectivity index (χ3n) is 2.80. The molecule has 1 aromatic rings. The number of nitrogens with zero attached hydrogens (tertiary/aromatic N) is 1. The zero-order valence-corrected chi connectivity index (χ0v) is 12.0. The van der Waals surface area contributed by atoms with Crippen LogP contribution in [0.5, 0.6) is 5.75 Å². The van der Waals surface area contributed by atoms with Crippen molar-refractivity contribution in [2.45, 2.75) is 6.92 Å². The van der Waals surface area contributed by atoms with Crippen molar-refractivity contribution in [1.82, 2.24) is 10.2 Å². The van der Waals surface area contributed by atoms with Gasteiger partial charge in [0, 0.05) is 26.3 Å². The van der Waals surface area contributed by atoms with E-state index in [1.165, 1.54) is 17.0 Å². The number of ether oxygens (including phenoxy) is 1. The molecule has 20 heavy (non-hydrogen) atoms. The van der Waals surface area contributed by atoms with Gasteiger partial charge in [-0.2, -0.15) is 0 Å². The van der Waals surface area contributed by atoms with Gasteiger partial charge in [0.1, 0.15) is 5.75 Å². The van der Waals surface area contributed by atoms with Crippen LogP contribution in [0.3, 0.4) is 0 Å². The van der Waals surface area contributed by atoms with Crippen molar-refractivity contribution in [3.05, 3.63) is 29.3 Å². The number of benzene rings is 1. The number of rotatable bonds is 6. The first-order chi connectivity index (χ1) is 9.45. The summed E-state index contributed by atoms with van der Waals surface area (Å²) in [4.78, 5) is 25.0. The molecule has 0 aliphatic carbocycles. The van der Waals surface area contributed by atoms with E-state index in [1.807, 2.05) is 0 Å². The third kappa shape index (κ3) is 4.55. The minimum Gasteiger partial charge on any atom is -0.508 e. The van der Waals surface area contributed by atoms with Crippen LogP contribution in [0.4, 0.5) is 0 Å². The van der Waals surface area contributed by atoms with Crippen molar-refractivity contribution in [2.75, 3.05) is 33.9 Å². The molecule has 1 aromatic carbocycles. The Bertz CT molecular complexity index is 488. The molecule has 110 valence electrons. The number of nitrogens with one attached hydrogen (secondary N) is 1. The fraction of sp³-hybridized carbons (Fsp3) is 0.429. The number of hydrogen-bond acceptors (Lipinski definition) is 4. The molecule has 0 aromatic heterocycles. The molecule has 0 aliphatic heterocycles. The molecule has 2 amide bonds. The smallest absolute Gasteiger partial charge is 0.254 e. The fourth-order valence-corrected chi connectivity index (χ4v) is 1.64. The summed E-state index contributed by atoms with van der Waals surface area (Å²) in [6.07, 6.45) is 0. The van der Waals surface area contributed by atoms with Gasteiger partial charge in [-0.1, -0.05) is 0 Å². The van der Waals surface area contributed by atoms with Crippen LogP contribution in [-0.4, -0.2) is 55.7 Å². The molecule has 0 atom stereocenters. The number of phenols is 1. The lowest BCUT2D eigenvalue weighted by Crippen LogP contribution is -2.39. The first-order valence-corrected chi connectivity index (χ1v) is 6.26.